The van der Waals surface area contributed by atoms with Crippen molar-refractivity contribution in [3.63, 3.8) is 0 Å². The molecule has 3 heterocycles. The summed E-state index contributed by atoms with van der Waals surface area (Å²) in [6.07, 6.45) is -0.263. The van der Waals surface area contributed by atoms with Crippen LogP contribution in [0.5, 0.6) is 0 Å². The number of aliphatic hydroxyl groups is 1. The van der Waals surface area contributed by atoms with E-state index in [0.29, 0.717) is 0 Å². The average molecular weight is 293 g/mol. The SMILES string of the molecule is C[C@@H]1C(O)[C@@H](C)[C@H](c2cccs2)N[C@@H]1c1cccs1. The molecule has 0 saturated carbocycles. The van der Waals surface area contributed by atoms with Gasteiger partial charge >= 0.3 is 0 Å². The molecule has 2 aromatic heterocycles. The maximum absolute atomic E-state index is 10.6. The highest BCUT2D eigenvalue weighted by molar-refractivity contribution is 7.10. The zero-order valence-electron chi connectivity index (χ0n) is 11.1. The van der Waals surface area contributed by atoms with Gasteiger partial charge in [-0.2, -0.15) is 0 Å². The van der Waals surface area contributed by atoms with E-state index in [1.807, 2.05) is 0 Å². The molecule has 5 atom stereocenters. The molecule has 1 unspecified atom stereocenters. The summed E-state index contributed by atoms with van der Waals surface area (Å²) in [7, 11) is 0. The third kappa shape index (κ3) is 2.38. The second-order valence-corrected chi connectivity index (χ2v) is 7.32. The summed E-state index contributed by atoms with van der Waals surface area (Å²) in [4.78, 5) is 2.64. The second-order valence-electron chi connectivity index (χ2n) is 5.36. The van der Waals surface area contributed by atoms with Gasteiger partial charge in [-0.15, -0.1) is 22.7 Å². The summed E-state index contributed by atoms with van der Waals surface area (Å²) in [6, 6.07) is 8.98. The fraction of sp³-hybridized carbons (Fsp3) is 0.467. The molecule has 0 aromatic carbocycles. The third-order valence-corrected chi connectivity index (χ3v) is 6.10. The quantitative estimate of drug-likeness (QED) is 0.882. The molecule has 2 aromatic rings. The highest BCUT2D eigenvalue weighted by Gasteiger charge is 2.40. The minimum absolute atomic E-state index is 0.241. The molecule has 0 radical (unpaired) electrons. The maximum Gasteiger partial charge on any atom is 0.0628 e. The highest BCUT2D eigenvalue weighted by Crippen LogP contribution is 2.42. The van der Waals surface area contributed by atoms with Crippen LogP contribution < -0.4 is 5.32 Å². The monoisotopic (exact) mass is 293 g/mol. The van der Waals surface area contributed by atoms with Gasteiger partial charge in [-0.1, -0.05) is 26.0 Å². The number of hydrogen-bond donors (Lipinski definition) is 2. The Morgan fingerprint density at radius 2 is 1.42 bits per heavy atom. The molecule has 2 N–H and O–H groups in total. The molecule has 0 amide bonds. The molecule has 102 valence electrons. The minimum Gasteiger partial charge on any atom is -0.392 e. The molecule has 4 heteroatoms. The van der Waals surface area contributed by atoms with Crippen LogP contribution in [0.25, 0.3) is 0 Å². The number of nitrogens with one attached hydrogen (secondary N) is 1. The lowest BCUT2D eigenvalue weighted by Gasteiger charge is -2.43. The molecule has 3 rings (SSSR count). The molecular weight excluding hydrogens is 274 g/mol. The average Bonchev–Trinajstić information content (AvgIpc) is 3.08. The Balaban J connectivity index is 1.91. The van der Waals surface area contributed by atoms with Crippen molar-refractivity contribution < 1.29 is 5.11 Å². The number of hydrogen-bond acceptors (Lipinski definition) is 4. The first-order chi connectivity index (χ1) is 9.18. The van der Waals surface area contributed by atoms with E-state index in [0.717, 1.165) is 0 Å². The summed E-state index contributed by atoms with van der Waals surface area (Å²) >= 11 is 3.53. The summed E-state index contributed by atoms with van der Waals surface area (Å²) in [5, 5.41) is 18.5. The molecule has 0 spiro atoms. The van der Waals surface area contributed by atoms with Crippen LogP contribution in [0.2, 0.25) is 0 Å². The van der Waals surface area contributed by atoms with Crippen LogP contribution >= 0.6 is 22.7 Å². The van der Waals surface area contributed by atoms with Gasteiger partial charge in [0.1, 0.15) is 0 Å². The highest BCUT2D eigenvalue weighted by atomic mass is 32.1. The van der Waals surface area contributed by atoms with Gasteiger partial charge in [0, 0.05) is 33.7 Å². The number of rotatable bonds is 2. The smallest absolute Gasteiger partial charge is 0.0628 e. The lowest BCUT2D eigenvalue weighted by Crippen LogP contribution is -2.48. The van der Waals surface area contributed by atoms with Crippen LogP contribution in [0.4, 0.5) is 0 Å². The summed E-state index contributed by atoms with van der Waals surface area (Å²) in [6.45, 7) is 4.28. The van der Waals surface area contributed by atoms with Crippen molar-refractivity contribution in [2.24, 2.45) is 11.8 Å². The van der Waals surface area contributed by atoms with Crippen LogP contribution in [0, 0.1) is 11.8 Å². The first-order valence-corrected chi connectivity index (χ1v) is 8.45. The van der Waals surface area contributed by atoms with Gasteiger partial charge in [-0.05, 0) is 22.9 Å². The lowest BCUT2D eigenvalue weighted by atomic mass is 9.78. The van der Waals surface area contributed by atoms with Gasteiger partial charge in [0.25, 0.3) is 0 Å². The molecule has 0 bridgehead atoms. The molecule has 1 aliphatic heterocycles. The molecule has 2 nitrogen and oxygen atoms in total. The van der Waals surface area contributed by atoms with Crippen LogP contribution in [-0.4, -0.2) is 11.2 Å². The van der Waals surface area contributed by atoms with E-state index in [2.05, 4.69) is 54.2 Å². The van der Waals surface area contributed by atoms with Crippen molar-refractivity contribution in [2.75, 3.05) is 0 Å². The van der Waals surface area contributed by atoms with Crippen molar-refractivity contribution in [1.29, 1.82) is 0 Å². The predicted octanol–water partition coefficient (Wildman–Crippen LogP) is 3.83. The fourth-order valence-corrected chi connectivity index (χ4v) is 4.79. The lowest BCUT2D eigenvalue weighted by molar-refractivity contribution is -0.00521. The van der Waals surface area contributed by atoms with E-state index < -0.39 is 0 Å². The van der Waals surface area contributed by atoms with Gasteiger partial charge in [0.05, 0.1) is 6.10 Å². The Bertz CT molecular complexity index is 462. The third-order valence-electron chi connectivity index (χ3n) is 4.19. The zero-order valence-corrected chi connectivity index (χ0v) is 12.7. The fourth-order valence-electron chi connectivity index (χ4n) is 2.99. The molecule has 1 aliphatic rings. The van der Waals surface area contributed by atoms with Crippen molar-refractivity contribution in [3.05, 3.63) is 44.8 Å². The Labute approximate surface area is 122 Å². The van der Waals surface area contributed by atoms with Crippen molar-refractivity contribution in [3.8, 4) is 0 Å². The van der Waals surface area contributed by atoms with E-state index in [-0.39, 0.29) is 30.0 Å². The van der Waals surface area contributed by atoms with Crippen molar-refractivity contribution >= 4 is 22.7 Å². The van der Waals surface area contributed by atoms with E-state index in [1.54, 1.807) is 22.7 Å². The Morgan fingerprint density at radius 1 is 0.947 bits per heavy atom. The van der Waals surface area contributed by atoms with E-state index in [4.69, 9.17) is 0 Å². The predicted molar refractivity (Wildman–Crippen MR) is 81.6 cm³/mol. The Hall–Kier alpha value is -0.680. The largest absolute Gasteiger partial charge is 0.392 e. The zero-order chi connectivity index (χ0) is 13.4. The van der Waals surface area contributed by atoms with Crippen LogP contribution in [-0.2, 0) is 0 Å². The van der Waals surface area contributed by atoms with Crippen LogP contribution in [0.1, 0.15) is 35.7 Å². The van der Waals surface area contributed by atoms with Crippen molar-refractivity contribution in [2.45, 2.75) is 32.0 Å². The van der Waals surface area contributed by atoms with Gasteiger partial charge < -0.3 is 10.4 Å². The first kappa shape index (κ1) is 13.3. The van der Waals surface area contributed by atoms with Crippen LogP contribution in [0.3, 0.4) is 0 Å². The molecule has 0 aliphatic carbocycles. The van der Waals surface area contributed by atoms with E-state index >= 15 is 0 Å². The molecule has 19 heavy (non-hydrogen) atoms. The maximum atomic E-state index is 10.6. The van der Waals surface area contributed by atoms with E-state index in [1.165, 1.54) is 9.75 Å². The summed E-state index contributed by atoms with van der Waals surface area (Å²) < 4.78 is 0. The molecule has 1 fully saturated rings. The standard InChI is InChI=1S/C15H19NOS2/c1-9-13(11-5-3-7-18-11)16-14(10(2)15(9)17)12-6-4-8-19-12/h3-10,13-17H,1-2H3/t9-,10-,13-,14+,15?/m0/s1. The Morgan fingerprint density at radius 3 is 1.79 bits per heavy atom. The van der Waals surface area contributed by atoms with Crippen LogP contribution in [0.15, 0.2) is 35.0 Å². The van der Waals surface area contributed by atoms with Gasteiger partial charge in [0.15, 0.2) is 0 Å². The Kier molecular flexibility index (Phi) is 3.76. The summed E-state index contributed by atoms with van der Waals surface area (Å²) in [5.74, 6) is 0.481. The normalized spacial score (nSPS) is 35.4. The van der Waals surface area contributed by atoms with Crippen molar-refractivity contribution in [1.82, 2.24) is 5.32 Å². The number of thiophene rings is 2. The number of aliphatic hydroxyl groups excluding tert-OH is 1. The van der Waals surface area contributed by atoms with Gasteiger partial charge in [0.2, 0.25) is 0 Å². The molecule has 1 saturated heterocycles. The number of piperidine rings is 1. The summed E-state index contributed by atoms with van der Waals surface area (Å²) in [5.41, 5.74) is 0. The van der Waals surface area contributed by atoms with E-state index in [9.17, 15) is 5.11 Å². The minimum atomic E-state index is -0.263. The van der Waals surface area contributed by atoms with Gasteiger partial charge in [-0.25, -0.2) is 0 Å². The second kappa shape index (κ2) is 5.37. The first-order valence-electron chi connectivity index (χ1n) is 6.69. The molecular formula is C15H19NOS2. The van der Waals surface area contributed by atoms with Gasteiger partial charge in [-0.3, -0.25) is 0 Å². The topological polar surface area (TPSA) is 32.3 Å².